The van der Waals surface area contributed by atoms with Crippen LogP contribution in [0, 0.1) is 17.7 Å². The van der Waals surface area contributed by atoms with Crippen molar-refractivity contribution in [1.29, 1.82) is 0 Å². The Labute approximate surface area is 198 Å². The summed E-state index contributed by atoms with van der Waals surface area (Å²) in [5.41, 5.74) is 0.973. The molecule has 4 rings (SSSR count). The van der Waals surface area contributed by atoms with Crippen molar-refractivity contribution in [2.24, 2.45) is 11.8 Å². The average molecular weight is 493 g/mol. The van der Waals surface area contributed by atoms with Crippen LogP contribution in [0.2, 0.25) is 0 Å². The van der Waals surface area contributed by atoms with Crippen molar-refractivity contribution in [3.8, 4) is 5.75 Å². The van der Waals surface area contributed by atoms with Gasteiger partial charge in [0.15, 0.2) is 0 Å². The fourth-order valence-corrected chi connectivity index (χ4v) is 7.68. The Morgan fingerprint density at radius 2 is 1.88 bits per heavy atom. The number of hydrogen-bond acceptors (Lipinski definition) is 5. The van der Waals surface area contributed by atoms with Crippen molar-refractivity contribution in [2.75, 3.05) is 26.0 Å². The van der Waals surface area contributed by atoms with Gasteiger partial charge >= 0.3 is 0 Å². The van der Waals surface area contributed by atoms with Crippen molar-refractivity contribution in [1.82, 2.24) is 9.62 Å². The topological polar surface area (TPSA) is 75.7 Å². The van der Waals surface area contributed by atoms with Gasteiger partial charge in [0.1, 0.15) is 16.5 Å². The number of fused-ring (bicyclic) bond motifs is 1. The van der Waals surface area contributed by atoms with Crippen molar-refractivity contribution >= 4 is 27.7 Å². The second kappa shape index (κ2) is 9.64. The number of piperidine rings is 1. The lowest BCUT2D eigenvalue weighted by molar-refractivity contribution is 0.0934. The fourth-order valence-electron chi connectivity index (χ4n) is 4.72. The number of nitrogens with zero attached hydrogens (tertiary/aromatic N) is 1. The van der Waals surface area contributed by atoms with Crippen LogP contribution in [0.1, 0.15) is 48.7 Å². The molecule has 178 valence electrons. The van der Waals surface area contributed by atoms with Gasteiger partial charge in [0.2, 0.25) is 10.0 Å². The number of methoxy groups -OCH3 is 1. The molecular weight excluding hydrogens is 463 g/mol. The van der Waals surface area contributed by atoms with Crippen molar-refractivity contribution in [3.05, 3.63) is 53.3 Å². The summed E-state index contributed by atoms with van der Waals surface area (Å²) in [5.74, 6) is 0.770. The highest BCUT2D eigenvalue weighted by molar-refractivity contribution is 7.99. The zero-order valence-corrected chi connectivity index (χ0v) is 20.6. The van der Waals surface area contributed by atoms with E-state index in [9.17, 15) is 17.6 Å². The first-order chi connectivity index (χ1) is 15.7. The minimum Gasteiger partial charge on any atom is -0.495 e. The molecule has 0 aliphatic carbocycles. The summed E-state index contributed by atoms with van der Waals surface area (Å²) >= 11 is 1.63. The van der Waals surface area contributed by atoms with E-state index in [-0.39, 0.29) is 39.9 Å². The molecule has 1 N–H and O–H groups in total. The predicted molar refractivity (Wildman–Crippen MR) is 127 cm³/mol. The Morgan fingerprint density at radius 3 is 2.58 bits per heavy atom. The first-order valence-electron chi connectivity index (χ1n) is 11.1. The zero-order chi connectivity index (χ0) is 23.8. The SMILES string of the molecule is COc1ccc(C(=O)N[C@H]2CCSc3ccc(F)cc32)cc1S(=O)(=O)N1C[C@H](C)C[C@H](C)C1. The van der Waals surface area contributed by atoms with Crippen molar-refractivity contribution in [3.63, 3.8) is 0 Å². The van der Waals surface area contributed by atoms with Gasteiger partial charge in [0.05, 0.1) is 13.2 Å². The average Bonchev–Trinajstić information content (AvgIpc) is 2.78. The Morgan fingerprint density at radius 1 is 1.15 bits per heavy atom. The maximum atomic E-state index is 13.8. The third kappa shape index (κ3) is 5.05. The Kier molecular flexibility index (Phi) is 7.02. The molecule has 2 heterocycles. The minimum absolute atomic E-state index is 0.00963. The molecule has 1 amide bonds. The third-order valence-electron chi connectivity index (χ3n) is 6.20. The molecule has 2 aliphatic rings. The van der Waals surface area contributed by atoms with E-state index >= 15 is 0 Å². The number of hydrogen-bond donors (Lipinski definition) is 1. The van der Waals surface area contributed by atoms with E-state index in [4.69, 9.17) is 4.74 Å². The number of benzene rings is 2. The van der Waals surface area contributed by atoms with Crippen LogP contribution in [-0.4, -0.2) is 44.6 Å². The lowest BCUT2D eigenvalue weighted by Gasteiger charge is -2.34. The normalized spacial score (nSPS) is 23.6. The number of halogens is 1. The van der Waals surface area contributed by atoms with Crippen LogP contribution < -0.4 is 10.1 Å². The predicted octanol–water partition coefficient (Wildman–Crippen LogP) is 4.47. The number of ether oxygens (including phenoxy) is 1. The standard InChI is InChI=1S/C24H29FN2O4S2/c1-15-10-16(2)14-27(13-15)33(29,30)23-11-17(4-6-21(23)31-3)24(28)26-20-8-9-32-22-7-5-18(25)12-19(20)22/h4-7,11-12,15-16,20H,8-10,13-14H2,1-3H3,(H,26,28)/t15-,16+,20-/m0/s1. The van der Waals surface area contributed by atoms with Gasteiger partial charge in [-0.15, -0.1) is 11.8 Å². The quantitative estimate of drug-likeness (QED) is 0.667. The number of amides is 1. The van der Waals surface area contributed by atoms with E-state index in [0.717, 1.165) is 22.6 Å². The molecule has 33 heavy (non-hydrogen) atoms. The summed E-state index contributed by atoms with van der Waals surface area (Å²) in [6, 6.07) is 8.72. The van der Waals surface area contributed by atoms with E-state index in [1.165, 1.54) is 35.7 Å². The van der Waals surface area contributed by atoms with E-state index in [1.807, 2.05) is 13.8 Å². The van der Waals surface area contributed by atoms with Gasteiger partial charge in [0.25, 0.3) is 5.91 Å². The molecule has 0 bridgehead atoms. The van der Waals surface area contributed by atoms with E-state index in [1.54, 1.807) is 23.9 Å². The van der Waals surface area contributed by atoms with Gasteiger partial charge < -0.3 is 10.1 Å². The van der Waals surface area contributed by atoms with Gasteiger partial charge in [-0.05, 0) is 66.6 Å². The molecule has 0 saturated carbocycles. The molecule has 0 radical (unpaired) electrons. The van der Waals surface area contributed by atoms with Crippen LogP contribution in [0.4, 0.5) is 4.39 Å². The Hall–Kier alpha value is -2.10. The summed E-state index contributed by atoms with van der Waals surface area (Å²) in [6.07, 6.45) is 1.64. The lowest BCUT2D eigenvalue weighted by Crippen LogP contribution is -2.42. The molecule has 9 heteroatoms. The highest BCUT2D eigenvalue weighted by Crippen LogP contribution is 2.37. The van der Waals surface area contributed by atoms with Gasteiger partial charge in [-0.1, -0.05) is 13.8 Å². The number of carbonyl (C=O) groups is 1. The maximum Gasteiger partial charge on any atom is 0.251 e. The van der Waals surface area contributed by atoms with Crippen LogP contribution >= 0.6 is 11.8 Å². The highest BCUT2D eigenvalue weighted by atomic mass is 32.2. The number of sulfonamides is 1. The second-order valence-corrected chi connectivity index (χ2v) is 12.0. The van der Waals surface area contributed by atoms with Crippen molar-refractivity contribution in [2.45, 2.75) is 42.5 Å². The third-order valence-corrected chi connectivity index (χ3v) is 9.17. The summed E-state index contributed by atoms with van der Waals surface area (Å²) in [5, 5.41) is 2.96. The van der Waals surface area contributed by atoms with Gasteiger partial charge in [0, 0.05) is 29.3 Å². The molecular formula is C24H29FN2O4S2. The molecule has 0 spiro atoms. The van der Waals surface area contributed by atoms with Gasteiger partial charge in [-0.3, -0.25) is 4.79 Å². The molecule has 1 saturated heterocycles. The van der Waals surface area contributed by atoms with E-state index in [0.29, 0.717) is 19.5 Å². The summed E-state index contributed by atoms with van der Waals surface area (Å²) in [6.45, 7) is 4.97. The highest BCUT2D eigenvalue weighted by Gasteiger charge is 2.34. The lowest BCUT2D eigenvalue weighted by atomic mass is 9.94. The van der Waals surface area contributed by atoms with Crippen LogP contribution in [0.15, 0.2) is 46.2 Å². The van der Waals surface area contributed by atoms with Crippen LogP contribution in [0.3, 0.4) is 0 Å². The van der Waals surface area contributed by atoms with E-state index < -0.39 is 15.9 Å². The molecule has 2 aromatic rings. The van der Waals surface area contributed by atoms with Crippen molar-refractivity contribution < 1.29 is 22.3 Å². The molecule has 2 aromatic carbocycles. The first kappa shape index (κ1) is 24.0. The van der Waals surface area contributed by atoms with Gasteiger partial charge in [-0.2, -0.15) is 4.31 Å². The Balaban J connectivity index is 1.62. The fraction of sp³-hybridized carbons (Fsp3) is 0.458. The molecule has 3 atom stereocenters. The minimum atomic E-state index is -3.84. The number of rotatable bonds is 5. The van der Waals surface area contributed by atoms with E-state index in [2.05, 4.69) is 5.32 Å². The molecule has 2 aliphatic heterocycles. The Bertz CT molecular complexity index is 1150. The smallest absolute Gasteiger partial charge is 0.251 e. The molecule has 0 unspecified atom stereocenters. The summed E-state index contributed by atoms with van der Waals surface area (Å²) in [7, 11) is -2.42. The van der Waals surface area contributed by atoms with Crippen LogP contribution in [-0.2, 0) is 10.0 Å². The molecule has 0 aromatic heterocycles. The summed E-state index contributed by atoms with van der Waals surface area (Å²) in [4.78, 5) is 14.0. The molecule has 1 fully saturated rings. The van der Waals surface area contributed by atoms with Crippen LogP contribution in [0.5, 0.6) is 5.75 Å². The molecule has 6 nitrogen and oxygen atoms in total. The number of thioether (sulfide) groups is 1. The van der Waals surface area contributed by atoms with Crippen LogP contribution in [0.25, 0.3) is 0 Å². The summed E-state index contributed by atoms with van der Waals surface area (Å²) < 4.78 is 47.6. The number of nitrogens with one attached hydrogen (secondary N) is 1. The number of carbonyl (C=O) groups excluding carboxylic acids is 1. The second-order valence-electron chi connectivity index (χ2n) is 8.98. The maximum absolute atomic E-state index is 13.8. The van der Waals surface area contributed by atoms with Gasteiger partial charge in [-0.25, -0.2) is 12.8 Å². The first-order valence-corrected chi connectivity index (χ1v) is 13.5. The largest absolute Gasteiger partial charge is 0.495 e. The zero-order valence-electron chi connectivity index (χ0n) is 19.0. The monoisotopic (exact) mass is 492 g/mol.